The summed E-state index contributed by atoms with van der Waals surface area (Å²) in [7, 11) is 0. The maximum Gasteiger partial charge on any atom is 0.327 e. The van der Waals surface area contributed by atoms with Crippen LogP contribution in [0.1, 0.15) is 25.8 Å². The minimum absolute atomic E-state index is 0.0920. The number of rotatable bonds is 9. The number of hydrogen-bond acceptors (Lipinski definition) is 6. The van der Waals surface area contributed by atoms with Crippen molar-refractivity contribution in [3.63, 3.8) is 0 Å². The van der Waals surface area contributed by atoms with E-state index in [1.54, 1.807) is 13.8 Å². The zero-order chi connectivity index (χ0) is 22.9. The maximum atomic E-state index is 12.6. The number of amides is 2. The lowest BCUT2D eigenvalue weighted by atomic mass is 9.95. The minimum Gasteiger partial charge on any atom is -0.481 e. The van der Waals surface area contributed by atoms with Gasteiger partial charge < -0.3 is 20.4 Å². The van der Waals surface area contributed by atoms with Crippen LogP contribution in [0.5, 0.6) is 0 Å². The SMILES string of the molecule is CC1(C)SC2C(NC(=O)C(CCSc3ccc(CCl)cc3)C(=O)O)C(=O)N2C1C(=O)O. The van der Waals surface area contributed by atoms with Crippen LogP contribution in [-0.2, 0) is 25.1 Å². The van der Waals surface area contributed by atoms with Gasteiger partial charge in [0.1, 0.15) is 23.4 Å². The number of carboxylic acid groups (broad SMARTS) is 2. The van der Waals surface area contributed by atoms with E-state index in [2.05, 4.69) is 5.32 Å². The number of β-lactam (4-membered cyclic amide) rings is 1. The van der Waals surface area contributed by atoms with Gasteiger partial charge in [-0.2, -0.15) is 0 Å². The maximum absolute atomic E-state index is 12.6. The van der Waals surface area contributed by atoms with Crippen molar-refractivity contribution in [2.45, 2.75) is 53.2 Å². The second-order valence-corrected chi connectivity index (χ2v) is 11.1. The number of benzene rings is 1. The summed E-state index contributed by atoms with van der Waals surface area (Å²) in [5.41, 5.74) is 0.978. The molecule has 3 N–H and O–H groups in total. The normalized spacial score (nSPS) is 24.8. The molecule has 2 aliphatic rings. The van der Waals surface area contributed by atoms with E-state index in [1.807, 2.05) is 24.3 Å². The quantitative estimate of drug-likeness (QED) is 0.210. The molecule has 0 aromatic heterocycles. The molecule has 1 aromatic rings. The monoisotopic (exact) mass is 486 g/mol. The van der Waals surface area contributed by atoms with E-state index >= 15 is 0 Å². The van der Waals surface area contributed by atoms with Crippen LogP contribution in [0.15, 0.2) is 29.2 Å². The summed E-state index contributed by atoms with van der Waals surface area (Å²) in [5, 5.41) is 21.0. The van der Waals surface area contributed by atoms with Gasteiger partial charge in [-0.3, -0.25) is 14.4 Å². The number of fused-ring (bicyclic) bond motifs is 1. The summed E-state index contributed by atoms with van der Waals surface area (Å²) in [6, 6.07) is 5.64. The average molecular weight is 487 g/mol. The van der Waals surface area contributed by atoms with E-state index in [0.717, 1.165) is 10.5 Å². The van der Waals surface area contributed by atoms with Crippen LogP contribution in [0.3, 0.4) is 0 Å². The number of nitrogens with one attached hydrogen (secondary N) is 1. The molecule has 1 aromatic carbocycles. The van der Waals surface area contributed by atoms with Crippen LogP contribution in [0, 0.1) is 5.92 Å². The number of nitrogens with zero attached hydrogens (tertiary/aromatic N) is 1. The first-order valence-electron chi connectivity index (χ1n) is 9.60. The Morgan fingerprint density at radius 2 is 1.90 bits per heavy atom. The zero-order valence-corrected chi connectivity index (χ0v) is 19.3. The largest absolute Gasteiger partial charge is 0.481 e. The summed E-state index contributed by atoms with van der Waals surface area (Å²) in [6.45, 7) is 3.47. The number of hydrogen-bond donors (Lipinski definition) is 3. The van der Waals surface area contributed by atoms with Gasteiger partial charge >= 0.3 is 11.9 Å². The van der Waals surface area contributed by atoms with Crippen LogP contribution in [0.25, 0.3) is 0 Å². The van der Waals surface area contributed by atoms with Gasteiger partial charge in [0.05, 0.1) is 0 Å². The lowest BCUT2D eigenvalue weighted by molar-refractivity contribution is -0.161. The Morgan fingerprint density at radius 1 is 1.26 bits per heavy atom. The molecular weight excluding hydrogens is 464 g/mol. The smallest absolute Gasteiger partial charge is 0.327 e. The molecule has 0 spiro atoms. The molecule has 2 aliphatic heterocycles. The Hall–Kier alpha value is -1.91. The Kier molecular flexibility index (Phi) is 7.12. The van der Waals surface area contributed by atoms with Gasteiger partial charge in [0.25, 0.3) is 0 Å². The molecule has 2 amide bonds. The number of halogens is 1. The van der Waals surface area contributed by atoms with Gasteiger partial charge in [0.15, 0.2) is 0 Å². The van der Waals surface area contributed by atoms with Crippen molar-refractivity contribution in [3.05, 3.63) is 29.8 Å². The van der Waals surface area contributed by atoms with Crippen LogP contribution < -0.4 is 5.32 Å². The molecule has 4 unspecified atom stereocenters. The molecule has 0 bridgehead atoms. The topological polar surface area (TPSA) is 124 Å². The van der Waals surface area contributed by atoms with Gasteiger partial charge in [-0.1, -0.05) is 12.1 Å². The lowest BCUT2D eigenvalue weighted by Gasteiger charge is -2.43. The number of carbonyl (C=O) groups excluding carboxylic acids is 2. The zero-order valence-electron chi connectivity index (χ0n) is 16.9. The molecule has 0 saturated carbocycles. The van der Waals surface area contributed by atoms with Crippen molar-refractivity contribution < 1.29 is 29.4 Å². The second-order valence-electron chi connectivity index (χ2n) is 7.89. The fourth-order valence-electron chi connectivity index (χ4n) is 3.74. The summed E-state index contributed by atoms with van der Waals surface area (Å²) in [4.78, 5) is 50.5. The van der Waals surface area contributed by atoms with Gasteiger partial charge in [0, 0.05) is 15.5 Å². The number of carbonyl (C=O) groups is 4. The average Bonchev–Trinajstić information content (AvgIpc) is 2.97. The summed E-state index contributed by atoms with van der Waals surface area (Å²) in [6.07, 6.45) is 0.0920. The highest BCUT2D eigenvalue weighted by atomic mass is 35.5. The van der Waals surface area contributed by atoms with Gasteiger partial charge in [-0.25, -0.2) is 4.79 Å². The predicted molar refractivity (Wildman–Crippen MR) is 118 cm³/mol. The molecule has 0 aliphatic carbocycles. The Morgan fingerprint density at radius 3 is 2.45 bits per heavy atom. The third-order valence-corrected chi connectivity index (χ3v) is 8.27. The third kappa shape index (κ3) is 4.80. The van der Waals surface area contributed by atoms with E-state index in [1.165, 1.54) is 28.4 Å². The highest BCUT2D eigenvalue weighted by molar-refractivity contribution is 8.01. The van der Waals surface area contributed by atoms with E-state index in [0.29, 0.717) is 11.6 Å². The molecule has 2 heterocycles. The fraction of sp³-hybridized carbons (Fsp3) is 0.500. The molecule has 4 atom stereocenters. The molecule has 11 heteroatoms. The lowest BCUT2D eigenvalue weighted by Crippen LogP contribution is -2.71. The molecule has 31 heavy (non-hydrogen) atoms. The van der Waals surface area contributed by atoms with Crippen molar-refractivity contribution in [3.8, 4) is 0 Å². The van der Waals surface area contributed by atoms with Gasteiger partial charge in [-0.05, 0) is 43.7 Å². The van der Waals surface area contributed by atoms with Crippen LogP contribution in [0.2, 0.25) is 0 Å². The minimum atomic E-state index is -1.30. The van der Waals surface area contributed by atoms with E-state index in [-0.39, 0.29) is 6.42 Å². The van der Waals surface area contributed by atoms with Crippen molar-refractivity contribution in [2.24, 2.45) is 5.92 Å². The van der Waals surface area contributed by atoms with Gasteiger partial charge in [-0.15, -0.1) is 35.1 Å². The number of thioether (sulfide) groups is 2. The highest BCUT2D eigenvalue weighted by Gasteiger charge is 2.64. The highest BCUT2D eigenvalue weighted by Crippen LogP contribution is 2.50. The van der Waals surface area contributed by atoms with Crippen molar-refractivity contribution >= 4 is 58.9 Å². The van der Waals surface area contributed by atoms with Crippen LogP contribution in [0.4, 0.5) is 0 Å². The molecule has 0 radical (unpaired) electrons. The first-order valence-corrected chi connectivity index (χ1v) is 12.0. The Bertz CT molecular complexity index is 894. The van der Waals surface area contributed by atoms with E-state index < -0.39 is 51.9 Å². The van der Waals surface area contributed by atoms with Gasteiger partial charge in [0.2, 0.25) is 11.8 Å². The standard InChI is InChI=1S/C20H23ClN2O6S2/c1-20(2)14(19(28)29)23-16(25)13(17(23)31-20)22-15(24)12(18(26)27)7-8-30-11-5-3-10(9-21)4-6-11/h3-6,12-14,17H,7-9H2,1-2H3,(H,22,24)(H,26,27)(H,28,29). The Labute approximate surface area is 193 Å². The van der Waals surface area contributed by atoms with E-state index in [4.69, 9.17) is 11.6 Å². The number of alkyl halides is 1. The van der Waals surface area contributed by atoms with Crippen molar-refractivity contribution in [2.75, 3.05) is 5.75 Å². The fourth-order valence-corrected chi connectivity index (χ4v) is 6.46. The first kappa shape index (κ1) is 23.7. The molecule has 3 rings (SSSR count). The van der Waals surface area contributed by atoms with Crippen molar-refractivity contribution in [1.82, 2.24) is 10.2 Å². The number of aliphatic carboxylic acids is 2. The number of carboxylic acids is 2. The van der Waals surface area contributed by atoms with Crippen LogP contribution in [-0.4, -0.2) is 66.8 Å². The summed E-state index contributed by atoms with van der Waals surface area (Å²) in [5.74, 6) is -4.08. The second kappa shape index (κ2) is 9.30. The molecule has 8 nitrogen and oxygen atoms in total. The summed E-state index contributed by atoms with van der Waals surface area (Å²) >= 11 is 8.49. The molecule has 168 valence electrons. The summed E-state index contributed by atoms with van der Waals surface area (Å²) < 4.78 is -0.715. The first-order chi connectivity index (χ1) is 14.6. The third-order valence-electron chi connectivity index (χ3n) is 5.34. The van der Waals surface area contributed by atoms with Crippen molar-refractivity contribution in [1.29, 1.82) is 0 Å². The molecule has 2 saturated heterocycles. The molecule has 2 fully saturated rings. The van der Waals surface area contributed by atoms with E-state index in [9.17, 15) is 29.4 Å². The Balaban J connectivity index is 1.58. The van der Waals surface area contributed by atoms with Crippen LogP contribution >= 0.6 is 35.1 Å². The molecular formula is C20H23ClN2O6S2. The predicted octanol–water partition coefficient (Wildman–Crippen LogP) is 2.24.